The van der Waals surface area contributed by atoms with Crippen molar-refractivity contribution in [2.24, 2.45) is 17.3 Å². The summed E-state index contributed by atoms with van der Waals surface area (Å²) in [6.45, 7) is 11.5. The summed E-state index contributed by atoms with van der Waals surface area (Å²) in [7, 11) is -2.37. The predicted octanol–water partition coefficient (Wildman–Crippen LogP) is 5.11. The second-order valence-electron chi connectivity index (χ2n) is 15.6. The molecule has 14 nitrogen and oxygen atoms in total. The maximum absolute atomic E-state index is 14.8. The Kier molecular flexibility index (Phi) is 11.7. The number of hydrogen-bond acceptors (Lipinski definition) is 10. The third kappa shape index (κ3) is 8.65. The van der Waals surface area contributed by atoms with E-state index >= 15 is 0 Å². The van der Waals surface area contributed by atoms with E-state index in [-0.39, 0.29) is 31.7 Å². The van der Waals surface area contributed by atoms with Gasteiger partial charge in [0.15, 0.2) is 0 Å². The standard InChI is InChI=1S/C40H48BrN5O9S/c1-7-23-21-40(23,38(50)45-56(51,52)26-14-15-26)44-36(48)29-18-25(55-31-20-33(54-8-2)43-35-27(31)16-17-30(53-6)34(35)41)22-46(29)37(49)28(39(3,4)5)19-32(47)42-24-12-10-9-11-13-24/h7,9-13,16-17,20,23,25-26,28-29H,1,8,14-15,18-19,21-22H2,2-6H3,(H,42,47)(H,44,48)(H,45,50)/t23-,25-,28-,29-,40-/m1/s1. The van der Waals surface area contributed by atoms with Gasteiger partial charge in [-0.15, -0.1) is 6.58 Å². The molecule has 3 fully saturated rings. The van der Waals surface area contributed by atoms with Crippen molar-refractivity contribution in [1.82, 2.24) is 19.9 Å². The molecular formula is C40H48BrN5O9S. The van der Waals surface area contributed by atoms with Crippen LogP contribution in [0.4, 0.5) is 5.69 Å². The van der Waals surface area contributed by atoms with E-state index in [0.29, 0.717) is 57.9 Å². The summed E-state index contributed by atoms with van der Waals surface area (Å²) in [4.78, 5) is 62.2. The fraction of sp³-hybridized carbons (Fsp3) is 0.475. The van der Waals surface area contributed by atoms with Gasteiger partial charge in [-0.05, 0) is 71.8 Å². The van der Waals surface area contributed by atoms with Crippen LogP contribution in [0.15, 0.2) is 65.7 Å². The van der Waals surface area contributed by atoms with Crippen LogP contribution >= 0.6 is 15.9 Å². The zero-order valence-corrected chi connectivity index (χ0v) is 34.5. The SMILES string of the molecule is C=C[C@@H]1C[C@]1(NC(=O)[C@H]1C[C@@H](Oc2cc(OCC)nc3c(Br)c(OC)ccc23)CN1C(=O)[C@@H](CC(=O)Nc1ccccc1)C(C)(C)C)C(=O)NS(=O)(=O)C1CC1. The number of methoxy groups -OCH3 is 1. The maximum Gasteiger partial charge on any atom is 0.259 e. The van der Waals surface area contributed by atoms with Crippen molar-refractivity contribution in [3.05, 3.63) is 65.7 Å². The second-order valence-corrected chi connectivity index (χ2v) is 18.3. The topological polar surface area (TPSA) is 182 Å². The van der Waals surface area contributed by atoms with Crippen molar-refractivity contribution >= 4 is 66.2 Å². The minimum Gasteiger partial charge on any atom is -0.495 e. The molecule has 0 spiro atoms. The molecule has 4 amide bonds. The third-order valence-corrected chi connectivity index (χ3v) is 13.1. The zero-order chi connectivity index (χ0) is 40.6. The molecular weight excluding hydrogens is 806 g/mol. The van der Waals surface area contributed by atoms with Crippen molar-refractivity contribution < 1.29 is 41.8 Å². The highest BCUT2D eigenvalue weighted by atomic mass is 79.9. The smallest absolute Gasteiger partial charge is 0.259 e. The lowest BCUT2D eigenvalue weighted by Crippen LogP contribution is -2.57. The van der Waals surface area contributed by atoms with Gasteiger partial charge in [0.05, 0.1) is 41.4 Å². The van der Waals surface area contributed by atoms with Gasteiger partial charge in [0.2, 0.25) is 33.6 Å². The molecule has 5 atom stereocenters. The van der Waals surface area contributed by atoms with Gasteiger partial charge in [0, 0.05) is 35.9 Å². The number of ether oxygens (including phenoxy) is 3. The lowest BCUT2D eigenvalue weighted by Gasteiger charge is -2.35. The molecule has 6 rings (SSSR count). The number of amides is 4. The number of benzene rings is 2. The first kappa shape index (κ1) is 40.9. The minimum absolute atomic E-state index is 0.0204. The van der Waals surface area contributed by atoms with Crippen LogP contribution in [0.2, 0.25) is 0 Å². The van der Waals surface area contributed by atoms with Crippen LogP contribution in [0.5, 0.6) is 17.4 Å². The zero-order valence-electron chi connectivity index (χ0n) is 32.1. The number of aromatic nitrogens is 1. The van der Waals surface area contributed by atoms with E-state index in [9.17, 15) is 27.6 Å². The summed E-state index contributed by atoms with van der Waals surface area (Å²) in [5, 5.41) is 5.65. The average Bonchev–Trinajstić information content (AvgIpc) is 4.08. The number of anilines is 1. The van der Waals surface area contributed by atoms with Gasteiger partial charge in [0.25, 0.3) is 5.91 Å². The molecule has 2 heterocycles. The van der Waals surface area contributed by atoms with Crippen LogP contribution in [0, 0.1) is 17.3 Å². The number of carbonyl (C=O) groups excluding carboxylic acids is 4. The summed E-state index contributed by atoms with van der Waals surface area (Å²) in [6.07, 6.45) is 1.67. The summed E-state index contributed by atoms with van der Waals surface area (Å²) in [5.41, 5.74) is -1.18. The molecule has 16 heteroatoms. The van der Waals surface area contributed by atoms with E-state index in [4.69, 9.17) is 14.2 Å². The Labute approximate surface area is 335 Å². The first-order valence-corrected chi connectivity index (χ1v) is 21.0. The van der Waals surface area contributed by atoms with Crippen molar-refractivity contribution in [3.8, 4) is 17.4 Å². The lowest BCUT2D eigenvalue weighted by atomic mass is 9.77. The number of rotatable bonds is 15. The molecule has 2 aliphatic carbocycles. The van der Waals surface area contributed by atoms with E-state index in [0.717, 1.165) is 0 Å². The Balaban J connectivity index is 1.32. The summed E-state index contributed by atoms with van der Waals surface area (Å²) < 4.78 is 46.1. The Morgan fingerprint density at radius 2 is 1.82 bits per heavy atom. The monoisotopic (exact) mass is 853 g/mol. The molecule has 56 heavy (non-hydrogen) atoms. The molecule has 3 N–H and O–H groups in total. The predicted molar refractivity (Wildman–Crippen MR) is 214 cm³/mol. The number of sulfonamides is 1. The number of para-hydroxylation sites is 1. The molecule has 0 radical (unpaired) electrons. The minimum atomic E-state index is -3.91. The van der Waals surface area contributed by atoms with Crippen LogP contribution in [0.25, 0.3) is 10.9 Å². The summed E-state index contributed by atoms with van der Waals surface area (Å²) >= 11 is 3.58. The largest absolute Gasteiger partial charge is 0.495 e. The van der Waals surface area contributed by atoms with Crippen molar-refractivity contribution in [2.75, 3.05) is 25.6 Å². The van der Waals surface area contributed by atoms with Gasteiger partial charge in [-0.2, -0.15) is 0 Å². The third-order valence-electron chi connectivity index (χ3n) is 10.5. The normalized spacial score (nSPS) is 22.5. The molecule has 0 bridgehead atoms. The van der Waals surface area contributed by atoms with Crippen molar-refractivity contribution in [2.45, 2.75) is 82.7 Å². The molecule has 3 aromatic rings. The Hall–Kier alpha value is -4.70. The first-order chi connectivity index (χ1) is 26.5. The highest BCUT2D eigenvalue weighted by molar-refractivity contribution is 9.10. The van der Waals surface area contributed by atoms with E-state index in [1.165, 1.54) is 11.0 Å². The molecule has 0 unspecified atom stereocenters. The first-order valence-electron chi connectivity index (χ1n) is 18.6. The number of fused-ring (bicyclic) bond motifs is 1. The molecule has 2 aromatic carbocycles. The van der Waals surface area contributed by atoms with Crippen LogP contribution in [-0.2, 0) is 29.2 Å². The van der Waals surface area contributed by atoms with Crippen LogP contribution in [0.1, 0.15) is 59.8 Å². The molecule has 2 saturated carbocycles. The van der Waals surface area contributed by atoms with Crippen molar-refractivity contribution in [1.29, 1.82) is 0 Å². The number of nitrogens with one attached hydrogen (secondary N) is 3. The Bertz CT molecular complexity index is 2140. The van der Waals surface area contributed by atoms with E-state index < -0.39 is 67.9 Å². The quantitative estimate of drug-likeness (QED) is 0.174. The van der Waals surface area contributed by atoms with Gasteiger partial charge in [0.1, 0.15) is 29.2 Å². The number of halogens is 1. The average molecular weight is 855 g/mol. The number of likely N-dealkylation sites (tertiary alicyclic amines) is 1. The van der Waals surface area contributed by atoms with Crippen LogP contribution in [0.3, 0.4) is 0 Å². The highest BCUT2D eigenvalue weighted by Gasteiger charge is 2.62. The van der Waals surface area contributed by atoms with Gasteiger partial charge in [-0.25, -0.2) is 13.4 Å². The fourth-order valence-electron chi connectivity index (χ4n) is 7.12. The molecule has 1 aromatic heterocycles. The van der Waals surface area contributed by atoms with Crippen molar-refractivity contribution in [3.63, 3.8) is 0 Å². The maximum atomic E-state index is 14.8. The van der Waals surface area contributed by atoms with Gasteiger partial charge in [-0.3, -0.25) is 23.9 Å². The summed E-state index contributed by atoms with van der Waals surface area (Å²) in [6, 6.07) is 13.0. The van der Waals surface area contributed by atoms with Crippen LogP contribution in [-0.4, -0.2) is 85.1 Å². The Morgan fingerprint density at radius 1 is 1.11 bits per heavy atom. The number of pyridine rings is 1. The van der Waals surface area contributed by atoms with E-state index in [2.05, 4.69) is 42.8 Å². The molecule has 3 aliphatic rings. The Morgan fingerprint density at radius 3 is 2.43 bits per heavy atom. The van der Waals surface area contributed by atoms with Gasteiger partial charge in [-0.1, -0.05) is 45.0 Å². The van der Waals surface area contributed by atoms with E-state index in [1.54, 1.807) is 49.6 Å². The highest BCUT2D eigenvalue weighted by Crippen LogP contribution is 2.46. The van der Waals surface area contributed by atoms with Crippen LogP contribution < -0.4 is 29.6 Å². The number of hydrogen-bond donors (Lipinski definition) is 3. The molecule has 1 saturated heterocycles. The lowest BCUT2D eigenvalue weighted by molar-refractivity contribution is -0.146. The number of carbonyl (C=O) groups is 4. The number of nitrogens with zero attached hydrogens (tertiary/aromatic N) is 2. The molecule has 1 aliphatic heterocycles. The van der Waals surface area contributed by atoms with Gasteiger partial charge >= 0.3 is 0 Å². The molecule has 300 valence electrons. The summed E-state index contributed by atoms with van der Waals surface area (Å²) in [5.74, 6) is -2.48. The fourth-order valence-corrected chi connectivity index (χ4v) is 9.08. The van der Waals surface area contributed by atoms with E-state index in [1.807, 2.05) is 33.8 Å². The second kappa shape index (κ2) is 16.0. The van der Waals surface area contributed by atoms with Gasteiger partial charge < -0.3 is 29.7 Å².